The zero-order valence-corrected chi connectivity index (χ0v) is 15.6. The molecule has 136 valence electrons. The standard InChI is InChI=1S/C19H16FN5OS/c1-12-17(13(2)26-24-12)11-27-19-23-22-18(14-7-9-21-10-8-14)25(19)16-5-3-15(20)4-6-16/h3-10H,11H2,1-2H3. The van der Waals surface area contributed by atoms with Crippen LogP contribution in [0.4, 0.5) is 4.39 Å². The Labute approximate surface area is 159 Å². The van der Waals surface area contributed by atoms with Crippen LogP contribution < -0.4 is 0 Å². The molecule has 0 atom stereocenters. The lowest BCUT2D eigenvalue weighted by atomic mass is 10.2. The summed E-state index contributed by atoms with van der Waals surface area (Å²) < 4.78 is 20.5. The van der Waals surface area contributed by atoms with Gasteiger partial charge >= 0.3 is 0 Å². The van der Waals surface area contributed by atoms with Crippen LogP contribution in [0.2, 0.25) is 0 Å². The van der Waals surface area contributed by atoms with Crippen LogP contribution in [0.5, 0.6) is 0 Å². The van der Waals surface area contributed by atoms with Crippen molar-refractivity contribution in [2.45, 2.75) is 24.8 Å². The van der Waals surface area contributed by atoms with E-state index in [0.717, 1.165) is 28.3 Å². The molecule has 3 aromatic heterocycles. The molecule has 3 heterocycles. The molecular weight excluding hydrogens is 365 g/mol. The minimum absolute atomic E-state index is 0.290. The molecule has 1 aromatic carbocycles. The molecule has 0 aliphatic rings. The third kappa shape index (κ3) is 3.48. The second-order valence-corrected chi connectivity index (χ2v) is 6.89. The van der Waals surface area contributed by atoms with Crippen molar-refractivity contribution < 1.29 is 8.91 Å². The van der Waals surface area contributed by atoms with E-state index in [2.05, 4.69) is 20.3 Å². The summed E-state index contributed by atoms with van der Waals surface area (Å²) in [5, 5.41) is 13.4. The predicted octanol–water partition coefficient (Wildman–Crippen LogP) is 4.37. The molecule has 0 unspecified atom stereocenters. The minimum atomic E-state index is -0.290. The summed E-state index contributed by atoms with van der Waals surface area (Å²) in [4.78, 5) is 4.05. The van der Waals surface area contributed by atoms with Crippen molar-refractivity contribution in [1.82, 2.24) is 24.9 Å². The molecule has 8 heteroatoms. The first-order valence-corrected chi connectivity index (χ1v) is 9.28. The van der Waals surface area contributed by atoms with Crippen LogP contribution in [0.3, 0.4) is 0 Å². The first-order valence-electron chi connectivity index (χ1n) is 8.30. The lowest BCUT2D eigenvalue weighted by Gasteiger charge is -2.10. The molecule has 0 aliphatic carbocycles. The summed E-state index contributed by atoms with van der Waals surface area (Å²) in [7, 11) is 0. The quantitative estimate of drug-likeness (QED) is 0.478. The Hall–Kier alpha value is -3.00. The maximum absolute atomic E-state index is 13.4. The van der Waals surface area contributed by atoms with E-state index in [4.69, 9.17) is 4.52 Å². The van der Waals surface area contributed by atoms with Crippen molar-refractivity contribution in [1.29, 1.82) is 0 Å². The largest absolute Gasteiger partial charge is 0.361 e. The van der Waals surface area contributed by atoms with E-state index in [1.165, 1.54) is 23.9 Å². The third-order valence-corrected chi connectivity index (χ3v) is 5.14. The van der Waals surface area contributed by atoms with Gasteiger partial charge in [0.1, 0.15) is 11.6 Å². The second kappa shape index (κ2) is 7.32. The normalized spacial score (nSPS) is 11.1. The Bertz CT molecular complexity index is 1040. The number of benzene rings is 1. The van der Waals surface area contributed by atoms with Crippen LogP contribution in [0.25, 0.3) is 17.1 Å². The molecule has 0 N–H and O–H groups in total. The van der Waals surface area contributed by atoms with Crippen LogP contribution in [-0.2, 0) is 5.75 Å². The highest BCUT2D eigenvalue weighted by atomic mass is 32.2. The maximum atomic E-state index is 13.4. The van der Waals surface area contributed by atoms with Crippen LogP contribution in [0, 0.1) is 19.7 Å². The number of nitrogens with zero attached hydrogens (tertiary/aromatic N) is 5. The van der Waals surface area contributed by atoms with E-state index in [9.17, 15) is 4.39 Å². The highest BCUT2D eigenvalue weighted by Gasteiger charge is 2.18. The molecule has 0 amide bonds. The van der Waals surface area contributed by atoms with E-state index in [1.807, 2.05) is 30.5 Å². The molecule has 4 aromatic rings. The Kier molecular flexibility index (Phi) is 4.72. The van der Waals surface area contributed by atoms with Crippen LogP contribution >= 0.6 is 11.8 Å². The van der Waals surface area contributed by atoms with E-state index in [-0.39, 0.29) is 5.82 Å². The average molecular weight is 381 g/mol. The molecule has 6 nitrogen and oxygen atoms in total. The highest BCUT2D eigenvalue weighted by molar-refractivity contribution is 7.98. The fourth-order valence-electron chi connectivity index (χ4n) is 2.72. The molecule has 27 heavy (non-hydrogen) atoms. The molecule has 0 saturated heterocycles. The van der Waals surface area contributed by atoms with Gasteiger partial charge in [0.2, 0.25) is 0 Å². The van der Waals surface area contributed by atoms with E-state index in [0.29, 0.717) is 16.7 Å². The molecule has 0 saturated carbocycles. The maximum Gasteiger partial charge on any atom is 0.196 e. The summed E-state index contributed by atoms with van der Waals surface area (Å²) in [5.41, 5.74) is 3.57. The Morgan fingerprint density at radius 2 is 1.78 bits per heavy atom. The van der Waals surface area contributed by atoms with Gasteiger partial charge in [-0.25, -0.2) is 4.39 Å². The monoisotopic (exact) mass is 381 g/mol. The minimum Gasteiger partial charge on any atom is -0.361 e. The summed E-state index contributed by atoms with van der Waals surface area (Å²) in [6, 6.07) is 10.0. The topological polar surface area (TPSA) is 69.6 Å². The van der Waals surface area contributed by atoms with E-state index >= 15 is 0 Å². The average Bonchev–Trinajstić information content (AvgIpc) is 3.25. The van der Waals surface area contributed by atoms with Gasteiger partial charge in [-0.3, -0.25) is 9.55 Å². The summed E-state index contributed by atoms with van der Waals surface area (Å²) in [6.45, 7) is 3.81. The number of hydrogen-bond acceptors (Lipinski definition) is 6. The van der Waals surface area contributed by atoms with Gasteiger partial charge in [0.05, 0.1) is 5.69 Å². The number of thioether (sulfide) groups is 1. The molecular formula is C19H16FN5OS. The van der Waals surface area contributed by atoms with Crippen molar-refractivity contribution >= 4 is 11.8 Å². The number of aromatic nitrogens is 5. The van der Waals surface area contributed by atoms with Crippen molar-refractivity contribution in [3.63, 3.8) is 0 Å². The zero-order valence-electron chi connectivity index (χ0n) is 14.8. The Balaban J connectivity index is 1.75. The predicted molar refractivity (Wildman–Crippen MR) is 100 cm³/mol. The highest BCUT2D eigenvalue weighted by Crippen LogP contribution is 2.31. The third-order valence-electron chi connectivity index (χ3n) is 4.18. The van der Waals surface area contributed by atoms with Gasteiger partial charge in [0.15, 0.2) is 11.0 Å². The van der Waals surface area contributed by atoms with Crippen LogP contribution in [-0.4, -0.2) is 24.9 Å². The van der Waals surface area contributed by atoms with Crippen LogP contribution in [0.15, 0.2) is 58.5 Å². The summed E-state index contributed by atoms with van der Waals surface area (Å²) >= 11 is 1.53. The molecule has 0 spiro atoms. The molecule has 4 rings (SSSR count). The fourth-order valence-corrected chi connectivity index (χ4v) is 3.82. The van der Waals surface area contributed by atoms with Crippen LogP contribution in [0.1, 0.15) is 17.0 Å². The molecule has 0 fully saturated rings. The first kappa shape index (κ1) is 17.4. The zero-order chi connectivity index (χ0) is 18.8. The van der Waals surface area contributed by atoms with E-state index < -0.39 is 0 Å². The number of hydrogen-bond donors (Lipinski definition) is 0. The Morgan fingerprint density at radius 3 is 2.44 bits per heavy atom. The van der Waals surface area contributed by atoms with Gasteiger partial charge in [-0.05, 0) is 50.2 Å². The fraction of sp³-hybridized carbons (Fsp3) is 0.158. The number of pyridine rings is 1. The van der Waals surface area contributed by atoms with Crippen molar-refractivity contribution in [3.05, 3.63) is 71.6 Å². The van der Waals surface area contributed by atoms with Crippen molar-refractivity contribution in [2.75, 3.05) is 0 Å². The summed E-state index contributed by atoms with van der Waals surface area (Å²) in [6.07, 6.45) is 3.41. The first-order chi connectivity index (χ1) is 13.1. The number of rotatable bonds is 5. The molecule has 0 aliphatic heterocycles. The van der Waals surface area contributed by atoms with Gasteiger partial charge in [-0.1, -0.05) is 16.9 Å². The lowest BCUT2D eigenvalue weighted by Crippen LogP contribution is -2.00. The molecule has 0 radical (unpaired) electrons. The van der Waals surface area contributed by atoms with Gasteiger partial charge in [0.25, 0.3) is 0 Å². The van der Waals surface area contributed by atoms with Gasteiger partial charge in [-0.15, -0.1) is 10.2 Å². The van der Waals surface area contributed by atoms with E-state index in [1.54, 1.807) is 24.5 Å². The second-order valence-electron chi connectivity index (χ2n) is 5.95. The number of aryl methyl sites for hydroxylation is 2. The number of halogens is 1. The van der Waals surface area contributed by atoms with Gasteiger partial charge in [-0.2, -0.15) is 0 Å². The SMILES string of the molecule is Cc1noc(C)c1CSc1nnc(-c2ccncc2)n1-c1ccc(F)cc1. The Morgan fingerprint density at radius 1 is 1.04 bits per heavy atom. The van der Waals surface area contributed by atoms with Crippen molar-refractivity contribution in [3.8, 4) is 17.1 Å². The molecule has 0 bridgehead atoms. The smallest absolute Gasteiger partial charge is 0.196 e. The summed E-state index contributed by atoms with van der Waals surface area (Å²) in [5.74, 6) is 1.83. The van der Waals surface area contributed by atoms with Crippen molar-refractivity contribution in [2.24, 2.45) is 0 Å². The van der Waals surface area contributed by atoms with Gasteiger partial charge in [0, 0.05) is 35.0 Å². The lowest BCUT2D eigenvalue weighted by molar-refractivity contribution is 0.392. The van der Waals surface area contributed by atoms with Gasteiger partial charge < -0.3 is 4.52 Å².